The summed E-state index contributed by atoms with van der Waals surface area (Å²) in [7, 11) is -0.726. The number of hydrogen-bond donors (Lipinski definition) is 1. The summed E-state index contributed by atoms with van der Waals surface area (Å²) in [6, 6.07) is 12.3. The molecule has 2 rings (SSSR count). The summed E-state index contributed by atoms with van der Waals surface area (Å²) in [6.07, 6.45) is 1.05. The van der Waals surface area contributed by atoms with Crippen molar-refractivity contribution in [2.24, 2.45) is 0 Å². The number of thioether (sulfide) groups is 1. The monoisotopic (exact) mass is 472 g/mol. The molecule has 1 N–H and O–H groups in total. The number of hydrogen-bond acceptors (Lipinski definition) is 6. The van der Waals surface area contributed by atoms with Crippen LogP contribution in [-0.2, 0) is 20.6 Å². The van der Waals surface area contributed by atoms with Crippen LogP contribution in [0.1, 0.15) is 5.56 Å². The predicted molar refractivity (Wildman–Crippen MR) is 122 cm³/mol. The van der Waals surface area contributed by atoms with Crippen molar-refractivity contribution in [3.05, 3.63) is 53.1 Å². The maximum atomic E-state index is 12.3. The number of methoxy groups -OCH3 is 2. The van der Waals surface area contributed by atoms with E-state index in [9.17, 15) is 13.2 Å². The van der Waals surface area contributed by atoms with Gasteiger partial charge in [0.2, 0.25) is 15.9 Å². The summed E-state index contributed by atoms with van der Waals surface area (Å²) in [6.45, 7) is 0.0981. The molecule has 0 aromatic heterocycles. The van der Waals surface area contributed by atoms with Gasteiger partial charge in [-0.25, -0.2) is 8.42 Å². The number of nitrogens with one attached hydrogen (secondary N) is 1. The Morgan fingerprint density at radius 1 is 1.13 bits per heavy atom. The smallest absolute Gasteiger partial charge is 0.240 e. The zero-order valence-corrected chi connectivity index (χ0v) is 19.4. The van der Waals surface area contributed by atoms with E-state index in [4.69, 9.17) is 21.1 Å². The molecule has 0 unspecified atom stereocenters. The Labute approximate surface area is 186 Å². The van der Waals surface area contributed by atoms with Crippen LogP contribution in [0.3, 0.4) is 0 Å². The van der Waals surface area contributed by atoms with E-state index in [0.29, 0.717) is 34.5 Å². The number of benzene rings is 2. The molecule has 0 spiro atoms. The normalized spacial score (nSPS) is 11.1. The van der Waals surface area contributed by atoms with Crippen molar-refractivity contribution in [3.8, 4) is 11.5 Å². The number of carbonyl (C=O) groups is 1. The molecule has 2 aromatic carbocycles. The third-order valence-corrected chi connectivity index (χ3v) is 6.47. The molecule has 0 heterocycles. The van der Waals surface area contributed by atoms with Crippen molar-refractivity contribution >= 4 is 45.0 Å². The topological polar surface area (TPSA) is 84.9 Å². The fourth-order valence-electron chi connectivity index (χ4n) is 2.65. The van der Waals surface area contributed by atoms with Crippen molar-refractivity contribution in [2.75, 3.05) is 43.6 Å². The molecule has 0 aliphatic carbocycles. The Kier molecular flexibility index (Phi) is 9.13. The van der Waals surface area contributed by atoms with Gasteiger partial charge >= 0.3 is 0 Å². The van der Waals surface area contributed by atoms with Crippen LogP contribution in [0.15, 0.2) is 42.5 Å². The van der Waals surface area contributed by atoms with Crippen molar-refractivity contribution in [3.63, 3.8) is 0 Å². The second-order valence-electron chi connectivity index (χ2n) is 6.34. The van der Waals surface area contributed by atoms with E-state index < -0.39 is 15.9 Å². The SMILES string of the molecule is COc1ccc(N(CC(=O)NCCSCc2cccc(Cl)c2)S(C)(=O)=O)cc1OC. The van der Waals surface area contributed by atoms with Gasteiger partial charge in [-0.1, -0.05) is 23.7 Å². The van der Waals surface area contributed by atoms with E-state index in [-0.39, 0.29) is 6.54 Å². The maximum Gasteiger partial charge on any atom is 0.240 e. The molecule has 0 fully saturated rings. The Morgan fingerprint density at radius 2 is 1.87 bits per heavy atom. The first kappa shape index (κ1) is 24.2. The maximum absolute atomic E-state index is 12.3. The van der Waals surface area contributed by atoms with Crippen LogP contribution in [0.2, 0.25) is 5.02 Å². The lowest BCUT2D eigenvalue weighted by molar-refractivity contribution is -0.119. The molecule has 1 amide bonds. The van der Waals surface area contributed by atoms with Crippen molar-refractivity contribution in [1.29, 1.82) is 0 Å². The number of nitrogens with zero attached hydrogens (tertiary/aromatic N) is 1. The summed E-state index contributed by atoms with van der Waals surface area (Å²) in [4.78, 5) is 12.3. The van der Waals surface area contributed by atoms with E-state index in [1.807, 2.05) is 24.3 Å². The highest BCUT2D eigenvalue weighted by molar-refractivity contribution is 7.98. The Balaban J connectivity index is 1.91. The van der Waals surface area contributed by atoms with E-state index in [1.165, 1.54) is 20.3 Å². The average molecular weight is 473 g/mol. The van der Waals surface area contributed by atoms with E-state index in [2.05, 4.69) is 5.32 Å². The third-order valence-electron chi connectivity index (χ3n) is 4.07. The molecule has 0 saturated heterocycles. The molecule has 0 aliphatic heterocycles. The number of rotatable bonds is 11. The van der Waals surface area contributed by atoms with Gasteiger partial charge in [0.15, 0.2) is 11.5 Å². The van der Waals surface area contributed by atoms with Crippen molar-refractivity contribution < 1.29 is 22.7 Å². The fourth-order valence-corrected chi connectivity index (χ4v) is 4.51. The largest absolute Gasteiger partial charge is 0.493 e. The van der Waals surface area contributed by atoms with Gasteiger partial charge in [0.05, 0.1) is 26.2 Å². The van der Waals surface area contributed by atoms with E-state index in [1.54, 1.807) is 23.9 Å². The molecule has 0 atom stereocenters. The van der Waals surface area contributed by atoms with Crippen molar-refractivity contribution in [1.82, 2.24) is 5.32 Å². The summed E-state index contributed by atoms with van der Waals surface area (Å²) < 4.78 is 35.9. The second-order valence-corrected chi connectivity index (χ2v) is 9.79. The molecule has 0 radical (unpaired) electrons. The average Bonchev–Trinajstić information content (AvgIpc) is 2.70. The van der Waals surface area contributed by atoms with Gasteiger partial charge in [0, 0.05) is 29.1 Å². The van der Waals surface area contributed by atoms with Crippen LogP contribution in [-0.4, -0.2) is 53.6 Å². The van der Waals surface area contributed by atoms with Crippen LogP contribution in [0.5, 0.6) is 11.5 Å². The lowest BCUT2D eigenvalue weighted by atomic mass is 10.2. The summed E-state index contributed by atoms with van der Waals surface area (Å²) in [5.74, 6) is 1.92. The first-order chi connectivity index (χ1) is 14.2. The summed E-state index contributed by atoms with van der Waals surface area (Å²) >= 11 is 7.61. The lowest BCUT2D eigenvalue weighted by Gasteiger charge is -2.23. The highest BCUT2D eigenvalue weighted by atomic mass is 35.5. The molecular formula is C20H25ClN2O5S2. The molecule has 10 heteroatoms. The standard InChI is InChI=1S/C20H25ClN2O5S2/c1-27-18-8-7-17(12-19(18)28-2)23(30(3,25)26)13-20(24)22-9-10-29-14-15-5-4-6-16(21)11-15/h4-8,11-12H,9-10,13-14H2,1-3H3,(H,22,24). The quantitative estimate of drug-likeness (QED) is 0.505. The zero-order chi connectivity index (χ0) is 22.1. The first-order valence-electron chi connectivity index (χ1n) is 9.03. The van der Waals surface area contributed by atoms with Gasteiger partial charge in [-0.05, 0) is 29.8 Å². The van der Waals surface area contributed by atoms with Gasteiger partial charge in [-0.2, -0.15) is 11.8 Å². The predicted octanol–water partition coefficient (Wildman–Crippen LogP) is 3.17. The molecule has 0 bridgehead atoms. The number of carbonyl (C=O) groups excluding carboxylic acids is 1. The number of halogens is 1. The van der Waals surface area contributed by atoms with Crippen LogP contribution in [0.25, 0.3) is 0 Å². The number of amides is 1. The Morgan fingerprint density at radius 3 is 2.50 bits per heavy atom. The zero-order valence-electron chi connectivity index (χ0n) is 17.1. The van der Waals surface area contributed by atoms with Gasteiger partial charge < -0.3 is 14.8 Å². The number of anilines is 1. The van der Waals surface area contributed by atoms with Gasteiger partial charge in [-0.15, -0.1) is 0 Å². The summed E-state index contributed by atoms with van der Waals surface area (Å²) in [5.41, 5.74) is 1.43. The number of sulfonamides is 1. The van der Waals surface area contributed by atoms with Crippen molar-refractivity contribution in [2.45, 2.75) is 5.75 Å². The molecular weight excluding hydrogens is 448 g/mol. The highest BCUT2D eigenvalue weighted by Gasteiger charge is 2.22. The minimum atomic E-state index is -3.67. The summed E-state index contributed by atoms with van der Waals surface area (Å²) in [5, 5.41) is 3.45. The van der Waals surface area contributed by atoms with Crippen LogP contribution in [0.4, 0.5) is 5.69 Å². The van der Waals surface area contributed by atoms with Crippen LogP contribution >= 0.6 is 23.4 Å². The highest BCUT2D eigenvalue weighted by Crippen LogP contribution is 2.32. The first-order valence-corrected chi connectivity index (χ1v) is 12.4. The Bertz CT molecular complexity index is 969. The van der Waals surface area contributed by atoms with Gasteiger partial charge in [-0.3, -0.25) is 9.10 Å². The van der Waals surface area contributed by atoms with Crippen LogP contribution in [0, 0.1) is 0 Å². The molecule has 0 aliphatic rings. The van der Waals surface area contributed by atoms with Gasteiger partial charge in [0.25, 0.3) is 0 Å². The molecule has 164 valence electrons. The van der Waals surface area contributed by atoms with E-state index in [0.717, 1.165) is 21.9 Å². The Hall–Kier alpha value is -2.10. The number of ether oxygens (including phenoxy) is 2. The lowest BCUT2D eigenvalue weighted by Crippen LogP contribution is -2.41. The van der Waals surface area contributed by atoms with Gasteiger partial charge in [0.1, 0.15) is 6.54 Å². The molecule has 30 heavy (non-hydrogen) atoms. The minimum Gasteiger partial charge on any atom is -0.493 e. The molecule has 7 nitrogen and oxygen atoms in total. The van der Waals surface area contributed by atoms with Crippen LogP contribution < -0.4 is 19.1 Å². The fraction of sp³-hybridized carbons (Fsp3) is 0.350. The molecule has 0 saturated carbocycles. The minimum absolute atomic E-state index is 0.320. The second kappa shape index (κ2) is 11.3. The third kappa shape index (κ3) is 7.30. The van der Waals surface area contributed by atoms with E-state index >= 15 is 0 Å². The molecule has 2 aromatic rings.